The standard InChI is InChI=1S/C21H21NS/c1-3-7-17(8-4-1)11-13-22-15-20(18-9-5-2-6-10-18)19-12-14-23-21(19)16-22/h1-10,12,14,20H,11,13,15-16H2. The lowest BCUT2D eigenvalue weighted by Gasteiger charge is -2.33. The molecule has 0 spiro atoms. The lowest BCUT2D eigenvalue weighted by atomic mass is 9.88. The fraction of sp³-hybridized carbons (Fsp3) is 0.238. The Morgan fingerprint density at radius 1 is 0.913 bits per heavy atom. The van der Waals surface area contributed by atoms with Gasteiger partial charge in [-0.15, -0.1) is 11.3 Å². The first kappa shape index (κ1) is 14.7. The fourth-order valence-electron chi connectivity index (χ4n) is 3.49. The number of benzene rings is 2. The Labute approximate surface area is 142 Å². The first-order valence-electron chi connectivity index (χ1n) is 8.27. The first-order valence-corrected chi connectivity index (χ1v) is 9.15. The molecule has 1 aromatic heterocycles. The molecule has 0 N–H and O–H groups in total. The van der Waals surface area contributed by atoms with Gasteiger partial charge in [0.25, 0.3) is 0 Å². The van der Waals surface area contributed by atoms with Crippen LogP contribution >= 0.6 is 11.3 Å². The molecule has 0 saturated carbocycles. The molecule has 116 valence electrons. The monoisotopic (exact) mass is 319 g/mol. The molecule has 2 aromatic carbocycles. The molecule has 0 amide bonds. The van der Waals surface area contributed by atoms with E-state index < -0.39 is 0 Å². The van der Waals surface area contributed by atoms with Gasteiger partial charge in [-0.1, -0.05) is 60.7 Å². The van der Waals surface area contributed by atoms with Crippen molar-refractivity contribution in [1.29, 1.82) is 0 Å². The van der Waals surface area contributed by atoms with Gasteiger partial charge in [0, 0.05) is 30.4 Å². The molecule has 0 saturated heterocycles. The minimum atomic E-state index is 0.516. The van der Waals surface area contributed by atoms with Gasteiger partial charge in [0.05, 0.1) is 0 Å². The van der Waals surface area contributed by atoms with Gasteiger partial charge in [-0.2, -0.15) is 0 Å². The molecular formula is C21H21NS. The third-order valence-corrected chi connectivity index (χ3v) is 5.65. The van der Waals surface area contributed by atoms with Crippen molar-refractivity contribution in [3.8, 4) is 0 Å². The van der Waals surface area contributed by atoms with Crippen LogP contribution in [0.15, 0.2) is 72.1 Å². The van der Waals surface area contributed by atoms with Crippen LogP contribution < -0.4 is 0 Å². The topological polar surface area (TPSA) is 3.24 Å². The Kier molecular flexibility index (Phi) is 4.27. The van der Waals surface area contributed by atoms with Crippen molar-refractivity contribution in [3.05, 3.63) is 93.7 Å². The summed E-state index contributed by atoms with van der Waals surface area (Å²) in [4.78, 5) is 4.15. The maximum absolute atomic E-state index is 2.61. The van der Waals surface area contributed by atoms with Gasteiger partial charge in [0.15, 0.2) is 0 Å². The SMILES string of the molecule is c1ccc(CCN2Cc3sccc3C(c3ccccc3)C2)cc1. The maximum Gasteiger partial charge on any atom is 0.0331 e. The molecule has 3 aromatic rings. The number of nitrogens with zero attached hydrogens (tertiary/aromatic N) is 1. The zero-order chi connectivity index (χ0) is 15.5. The summed E-state index contributed by atoms with van der Waals surface area (Å²) < 4.78 is 0. The Bertz CT molecular complexity index is 748. The fourth-order valence-corrected chi connectivity index (χ4v) is 4.47. The summed E-state index contributed by atoms with van der Waals surface area (Å²) in [6.45, 7) is 3.36. The molecule has 1 aliphatic heterocycles. The van der Waals surface area contributed by atoms with Crippen LogP contribution in [0.3, 0.4) is 0 Å². The van der Waals surface area contributed by atoms with E-state index in [9.17, 15) is 0 Å². The van der Waals surface area contributed by atoms with Crippen molar-refractivity contribution in [2.45, 2.75) is 18.9 Å². The summed E-state index contributed by atoms with van der Waals surface area (Å²) in [5.41, 5.74) is 4.41. The van der Waals surface area contributed by atoms with E-state index in [1.165, 1.54) is 21.6 Å². The Hall–Kier alpha value is -1.90. The summed E-state index contributed by atoms with van der Waals surface area (Å²) in [7, 11) is 0. The van der Waals surface area contributed by atoms with Gasteiger partial charge in [-0.05, 0) is 34.6 Å². The van der Waals surface area contributed by atoms with E-state index in [1.807, 2.05) is 11.3 Å². The second-order valence-corrected chi connectivity index (χ2v) is 7.23. The molecular weight excluding hydrogens is 298 g/mol. The molecule has 1 nitrogen and oxygen atoms in total. The zero-order valence-corrected chi connectivity index (χ0v) is 14.0. The molecule has 0 fully saturated rings. The largest absolute Gasteiger partial charge is 0.297 e. The van der Waals surface area contributed by atoms with Gasteiger partial charge < -0.3 is 0 Å². The highest BCUT2D eigenvalue weighted by molar-refractivity contribution is 7.10. The molecule has 1 atom stereocenters. The van der Waals surface area contributed by atoms with Crippen LogP contribution in [-0.4, -0.2) is 18.0 Å². The lowest BCUT2D eigenvalue weighted by Crippen LogP contribution is -2.34. The Morgan fingerprint density at radius 2 is 1.65 bits per heavy atom. The molecule has 0 aliphatic carbocycles. The Morgan fingerprint density at radius 3 is 2.43 bits per heavy atom. The van der Waals surface area contributed by atoms with Crippen LogP contribution in [0.4, 0.5) is 0 Å². The van der Waals surface area contributed by atoms with Crippen LogP contribution in [0.25, 0.3) is 0 Å². The van der Waals surface area contributed by atoms with E-state index in [0.717, 1.165) is 26.1 Å². The van der Waals surface area contributed by atoms with E-state index in [0.29, 0.717) is 5.92 Å². The minimum Gasteiger partial charge on any atom is -0.297 e. The lowest BCUT2D eigenvalue weighted by molar-refractivity contribution is 0.247. The molecule has 23 heavy (non-hydrogen) atoms. The van der Waals surface area contributed by atoms with Gasteiger partial charge in [-0.25, -0.2) is 0 Å². The van der Waals surface area contributed by atoms with Crippen LogP contribution in [0.5, 0.6) is 0 Å². The van der Waals surface area contributed by atoms with Crippen molar-refractivity contribution in [3.63, 3.8) is 0 Å². The third-order valence-electron chi connectivity index (χ3n) is 4.72. The van der Waals surface area contributed by atoms with Gasteiger partial charge in [0.1, 0.15) is 0 Å². The molecule has 4 rings (SSSR count). The van der Waals surface area contributed by atoms with Gasteiger partial charge >= 0.3 is 0 Å². The molecule has 1 unspecified atom stereocenters. The highest BCUT2D eigenvalue weighted by Crippen LogP contribution is 2.36. The summed E-state index contributed by atoms with van der Waals surface area (Å²) in [6, 6.07) is 24.1. The number of thiophene rings is 1. The highest BCUT2D eigenvalue weighted by Gasteiger charge is 2.27. The van der Waals surface area contributed by atoms with Crippen molar-refractivity contribution in [2.24, 2.45) is 0 Å². The number of hydrogen-bond acceptors (Lipinski definition) is 2. The number of rotatable bonds is 4. The highest BCUT2D eigenvalue weighted by atomic mass is 32.1. The average molecular weight is 319 g/mol. The van der Waals surface area contributed by atoms with E-state index in [1.54, 1.807) is 0 Å². The second-order valence-electron chi connectivity index (χ2n) is 6.23. The molecule has 1 aliphatic rings. The van der Waals surface area contributed by atoms with Crippen molar-refractivity contribution in [2.75, 3.05) is 13.1 Å². The van der Waals surface area contributed by atoms with E-state index in [4.69, 9.17) is 0 Å². The predicted molar refractivity (Wildman–Crippen MR) is 98.0 cm³/mol. The van der Waals surface area contributed by atoms with Crippen LogP contribution in [0.1, 0.15) is 27.5 Å². The van der Waals surface area contributed by atoms with Crippen LogP contribution in [0.2, 0.25) is 0 Å². The van der Waals surface area contributed by atoms with Crippen LogP contribution in [0, 0.1) is 0 Å². The summed E-state index contributed by atoms with van der Waals surface area (Å²) in [5, 5.41) is 2.25. The average Bonchev–Trinajstić information content (AvgIpc) is 3.09. The predicted octanol–water partition coefficient (Wildman–Crippen LogP) is 4.94. The third kappa shape index (κ3) is 3.24. The Balaban J connectivity index is 1.53. The van der Waals surface area contributed by atoms with Gasteiger partial charge in [0.2, 0.25) is 0 Å². The minimum absolute atomic E-state index is 0.516. The summed E-state index contributed by atoms with van der Waals surface area (Å²) >= 11 is 1.91. The van der Waals surface area contributed by atoms with Crippen molar-refractivity contribution in [1.82, 2.24) is 4.90 Å². The van der Waals surface area contributed by atoms with Crippen LogP contribution in [-0.2, 0) is 13.0 Å². The molecule has 2 heterocycles. The van der Waals surface area contributed by atoms with E-state index in [-0.39, 0.29) is 0 Å². The van der Waals surface area contributed by atoms with E-state index >= 15 is 0 Å². The summed E-state index contributed by atoms with van der Waals surface area (Å²) in [6.07, 6.45) is 1.13. The molecule has 0 bridgehead atoms. The number of hydrogen-bond donors (Lipinski definition) is 0. The molecule has 2 heteroatoms. The molecule has 0 radical (unpaired) electrons. The van der Waals surface area contributed by atoms with E-state index in [2.05, 4.69) is 77.0 Å². The summed E-state index contributed by atoms with van der Waals surface area (Å²) in [5.74, 6) is 0.516. The number of fused-ring (bicyclic) bond motifs is 1. The second kappa shape index (κ2) is 6.69. The smallest absolute Gasteiger partial charge is 0.0331 e. The van der Waals surface area contributed by atoms with Crippen molar-refractivity contribution >= 4 is 11.3 Å². The quantitative estimate of drug-likeness (QED) is 0.658. The normalized spacial score (nSPS) is 17.8. The first-order chi connectivity index (χ1) is 11.4. The van der Waals surface area contributed by atoms with Crippen molar-refractivity contribution < 1.29 is 0 Å². The van der Waals surface area contributed by atoms with Gasteiger partial charge in [-0.3, -0.25) is 4.90 Å². The maximum atomic E-state index is 2.61. The zero-order valence-electron chi connectivity index (χ0n) is 13.2.